The molecule has 1 heterocycles. The molecule has 0 aliphatic carbocycles. The summed E-state index contributed by atoms with van der Waals surface area (Å²) < 4.78 is 0.224. The van der Waals surface area contributed by atoms with Gasteiger partial charge < -0.3 is 5.73 Å². The first-order valence-electron chi connectivity index (χ1n) is 3.50. The van der Waals surface area contributed by atoms with Crippen molar-refractivity contribution in [2.45, 2.75) is 24.6 Å². The molecule has 1 saturated heterocycles. The lowest BCUT2D eigenvalue weighted by molar-refractivity contribution is 0.543. The molecule has 5 heteroatoms. The van der Waals surface area contributed by atoms with Gasteiger partial charge in [0, 0.05) is 10.5 Å². The van der Waals surface area contributed by atoms with E-state index in [1.807, 2.05) is 11.8 Å². The van der Waals surface area contributed by atoms with Crippen molar-refractivity contribution >= 4 is 17.7 Å². The molecule has 0 saturated carbocycles. The standard InChI is InChI=1S/C6H14N4S/c1-6(2)4(3-11-6)9-5(7)10-8/h4H,3,8H2,1-2H3,(H3,7,9,10). The van der Waals surface area contributed by atoms with Crippen molar-refractivity contribution < 1.29 is 0 Å². The Morgan fingerprint density at radius 1 is 1.73 bits per heavy atom. The predicted molar refractivity (Wildman–Crippen MR) is 49.3 cm³/mol. The lowest BCUT2D eigenvalue weighted by Crippen LogP contribution is -2.47. The normalized spacial score (nSPS) is 29.4. The van der Waals surface area contributed by atoms with Gasteiger partial charge in [0.2, 0.25) is 5.96 Å². The van der Waals surface area contributed by atoms with E-state index in [0.29, 0.717) is 12.0 Å². The Kier molecular flexibility index (Phi) is 2.29. The third kappa shape index (κ3) is 1.78. The molecule has 1 aliphatic rings. The molecule has 11 heavy (non-hydrogen) atoms. The van der Waals surface area contributed by atoms with Gasteiger partial charge in [-0.3, -0.25) is 5.43 Å². The summed E-state index contributed by atoms with van der Waals surface area (Å²) in [6.07, 6.45) is 0. The van der Waals surface area contributed by atoms with Crippen molar-refractivity contribution in [3.63, 3.8) is 0 Å². The first kappa shape index (κ1) is 8.67. The van der Waals surface area contributed by atoms with Gasteiger partial charge in [0.1, 0.15) is 0 Å². The quantitative estimate of drug-likeness (QED) is 0.220. The van der Waals surface area contributed by atoms with E-state index in [1.54, 1.807) is 0 Å². The highest BCUT2D eigenvalue weighted by atomic mass is 32.2. The van der Waals surface area contributed by atoms with E-state index in [4.69, 9.17) is 11.6 Å². The number of nitrogens with two attached hydrogens (primary N) is 2. The SMILES string of the molecule is CC1(C)SCC1N=C(N)NN. The summed E-state index contributed by atoms with van der Waals surface area (Å²) in [6.45, 7) is 4.30. The molecular weight excluding hydrogens is 160 g/mol. The van der Waals surface area contributed by atoms with Crippen LogP contribution in [0.4, 0.5) is 0 Å². The van der Waals surface area contributed by atoms with Gasteiger partial charge in [-0.25, -0.2) is 10.8 Å². The van der Waals surface area contributed by atoms with E-state index < -0.39 is 0 Å². The number of hydrogen-bond acceptors (Lipinski definition) is 3. The van der Waals surface area contributed by atoms with Crippen LogP contribution < -0.4 is 17.0 Å². The highest BCUT2D eigenvalue weighted by Gasteiger charge is 2.39. The second-order valence-corrected chi connectivity index (χ2v) is 4.76. The summed E-state index contributed by atoms with van der Waals surface area (Å²) in [5.74, 6) is 6.43. The average Bonchev–Trinajstić information content (AvgIpc) is 1.98. The number of rotatable bonds is 1. The molecule has 1 atom stereocenters. The number of thioether (sulfide) groups is 1. The van der Waals surface area contributed by atoms with Gasteiger partial charge in [-0.15, -0.1) is 0 Å². The molecule has 1 aliphatic heterocycles. The van der Waals surface area contributed by atoms with Gasteiger partial charge in [-0.05, 0) is 13.8 Å². The third-order valence-electron chi connectivity index (χ3n) is 1.86. The number of hydrazine groups is 1. The van der Waals surface area contributed by atoms with Gasteiger partial charge in [-0.1, -0.05) is 0 Å². The van der Waals surface area contributed by atoms with E-state index >= 15 is 0 Å². The Labute approximate surface area is 70.8 Å². The molecule has 0 aromatic carbocycles. The molecule has 1 fully saturated rings. The molecular formula is C6H14N4S. The Balaban J connectivity index is 2.51. The second-order valence-electron chi connectivity index (χ2n) is 3.09. The number of guanidine groups is 1. The number of nitrogens with zero attached hydrogens (tertiary/aromatic N) is 1. The van der Waals surface area contributed by atoms with Crippen molar-refractivity contribution in [1.29, 1.82) is 0 Å². The van der Waals surface area contributed by atoms with E-state index in [-0.39, 0.29) is 4.75 Å². The lowest BCUT2D eigenvalue weighted by Gasteiger charge is -2.40. The van der Waals surface area contributed by atoms with Crippen LogP contribution in [0.25, 0.3) is 0 Å². The van der Waals surface area contributed by atoms with Gasteiger partial charge >= 0.3 is 0 Å². The Bertz CT molecular complexity index is 177. The van der Waals surface area contributed by atoms with E-state index in [2.05, 4.69) is 24.3 Å². The Morgan fingerprint density at radius 3 is 2.64 bits per heavy atom. The summed E-state index contributed by atoms with van der Waals surface area (Å²) in [4.78, 5) is 4.19. The van der Waals surface area contributed by atoms with Crippen LogP contribution in [0.1, 0.15) is 13.8 Å². The highest BCUT2D eigenvalue weighted by molar-refractivity contribution is 8.02. The first-order valence-corrected chi connectivity index (χ1v) is 4.48. The van der Waals surface area contributed by atoms with Crippen LogP contribution in [0.15, 0.2) is 4.99 Å². The number of nitrogens with one attached hydrogen (secondary N) is 1. The Morgan fingerprint density at radius 2 is 2.36 bits per heavy atom. The highest BCUT2D eigenvalue weighted by Crippen LogP contribution is 2.41. The zero-order valence-electron chi connectivity index (χ0n) is 6.79. The van der Waals surface area contributed by atoms with Crippen LogP contribution in [0.2, 0.25) is 0 Å². The van der Waals surface area contributed by atoms with Gasteiger partial charge in [0.05, 0.1) is 6.04 Å². The van der Waals surface area contributed by atoms with Crippen molar-refractivity contribution in [2.24, 2.45) is 16.6 Å². The molecule has 0 spiro atoms. The second kappa shape index (κ2) is 2.91. The average molecular weight is 174 g/mol. The number of aliphatic imine (C=N–C) groups is 1. The smallest absolute Gasteiger partial charge is 0.203 e. The molecule has 64 valence electrons. The molecule has 1 unspecified atom stereocenters. The van der Waals surface area contributed by atoms with Crippen molar-refractivity contribution in [3.05, 3.63) is 0 Å². The first-order chi connectivity index (χ1) is 5.06. The zero-order valence-corrected chi connectivity index (χ0v) is 7.61. The van der Waals surface area contributed by atoms with Crippen LogP contribution in [0.3, 0.4) is 0 Å². The fraction of sp³-hybridized carbons (Fsp3) is 0.833. The molecule has 4 nitrogen and oxygen atoms in total. The summed E-state index contributed by atoms with van der Waals surface area (Å²) in [6, 6.07) is 0.309. The maximum Gasteiger partial charge on any atom is 0.203 e. The zero-order chi connectivity index (χ0) is 8.48. The maximum absolute atomic E-state index is 5.41. The van der Waals surface area contributed by atoms with E-state index in [9.17, 15) is 0 Å². The molecule has 0 aromatic heterocycles. The van der Waals surface area contributed by atoms with Crippen LogP contribution in [-0.2, 0) is 0 Å². The lowest BCUT2D eigenvalue weighted by atomic mass is 10.0. The van der Waals surface area contributed by atoms with Gasteiger partial charge in [0.15, 0.2) is 0 Å². The molecule has 0 radical (unpaired) electrons. The van der Waals surface area contributed by atoms with E-state index in [1.165, 1.54) is 0 Å². The minimum atomic E-state index is 0.224. The summed E-state index contributed by atoms with van der Waals surface area (Å²) in [5.41, 5.74) is 7.73. The van der Waals surface area contributed by atoms with Gasteiger partial charge in [-0.2, -0.15) is 11.8 Å². The Hall–Kier alpha value is -0.420. The molecule has 5 N–H and O–H groups in total. The van der Waals surface area contributed by atoms with Crippen molar-refractivity contribution in [2.75, 3.05) is 5.75 Å². The van der Waals surface area contributed by atoms with Crippen LogP contribution in [-0.4, -0.2) is 22.5 Å². The van der Waals surface area contributed by atoms with Crippen LogP contribution in [0, 0.1) is 0 Å². The van der Waals surface area contributed by atoms with Crippen molar-refractivity contribution in [1.82, 2.24) is 5.43 Å². The fourth-order valence-electron chi connectivity index (χ4n) is 0.889. The summed E-state index contributed by atoms with van der Waals surface area (Å²) in [7, 11) is 0. The minimum absolute atomic E-state index is 0.224. The van der Waals surface area contributed by atoms with Crippen LogP contribution >= 0.6 is 11.8 Å². The minimum Gasteiger partial charge on any atom is -0.369 e. The number of hydrogen-bond donors (Lipinski definition) is 3. The van der Waals surface area contributed by atoms with Crippen molar-refractivity contribution in [3.8, 4) is 0 Å². The molecule has 0 amide bonds. The summed E-state index contributed by atoms with van der Waals surface area (Å²) in [5, 5.41) is 0. The topological polar surface area (TPSA) is 76.4 Å². The largest absolute Gasteiger partial charge is 0.369 e. The van der Waals surface area contributed by atoms with Gasteiger partial charge in [0.25, 0.3) is 0 Å². The summed E-state index contributed by atoms with van der Waals surface area (Å²) >= 11 is 1.89. The van der Waals surface area contributed by atoms with Crippen LogP contribution in [0.5, 0.6) is 0 Å². The molecule has 1 rings (SSSR count). The van der Waals surface area contributed by atoms with E-state index in [0.717, 1.165) is 5.75 Å². The molecule has 0 bridgehead atoms. The predicted octanol–water partition coefficient (Wildman–Crippen LogP) is -0.342. The molecule has 0 aromatic rings. The third-order valence-corrected chi connectivity index (χ3v) is 3.36. The monoisotopic (exact) mass is 174 g/mol. The fourth-order valence-corrected chi connectivity index (χ4v) is 2.00. The maximum atomic E-state index is 5.41.